The van der Waals surface area contributed by atoms with E-state index in [0.717, 1.165) is 42.5 Å². The number of hydrazone groups is 1. The first-order valence-corrected chi connectivity index (χ1v) is 22.9. The van der Waals surface area contributed by atoms with Crippen molar-refractivity contribution in [1.29, 1.82) is 0 Å². The zero-order valence-electron chi connectivity index (χ0n) is 34.3. The summed E-state index contributed by atoms with van der Waals surface area (Å²) in [7, 11) is -13.2. The summed E-state index contributed by atoms with van der Waals surface area (Å²) < 4.78 is 117. The Kier molecular flexibility index (Phi) is 14.4. The van der Waals surface area contributed by atoms with Gasteiger partial charge >= 0.3 is 5.97 Å². The van der Waals surface area contributed by atoms with Crippen LogP contribution in [0.3, 0.4) is 0 Å². The summed E-state index contributed by atoms with van der Waals surface area (Å²) in [5.41, 5.74) is -1.97. The molecule has 7 N–H and O–H groups in total. The number of aromatic hydroxyl groups is 1. The Bertz CT molecular complexity index is 3270. The van der Waals surface area contributed by atoms with E-state index in [0.29, 0.717) is 5.01 Å². The van der Waals surface area contributed by atoms with E-state index in [9.17, 15) is 68.9 Å². The Morgan fingerprint density at radius 3 is 1.81 bits per heavy atom. The van der Waals surface area contributed by atoms with Crippen LogP contribution in [0.2, 0.25) is 0 Å². The number of ether oxygens (including phenoxy) is 3. The molecule has 5 aromatic carbocycles. The van der Waals surface area contributed by atoms with Gasteiger partial charge in [0.2, 0.25) is 6.04 Å². The number of fused-ring (bicyclic) bond motifs is 1. The highest BCUT2D eigenvalue weighted by Gasteiger charge is 2.41. The number of carboxylic acid groups (broad SMARTS) is 1. The van der Waals surface area contributed by atoms with E-state index in [1.54, 1.807) is 0 Å². The van der Waals surface area contributed by atoms with E-state index < -0.39 is 93.3 Å². The molecule has 1 aliphatic heterocycles. The molecule has 0 bridgehead atoms. The van der Waals surface area contributed by atoms with Crippen molar-refractivity contribution in [3.05, 3.63) is 78.4 Å². The van der Waals surface area contributed by atoms with Crippen LogP contribution < -0.4 is 19.2 Å². The van der Waals surface area contributed by atoms with E-state index in [-0.39, 0.29) is 75.2 Å². The summed E-state index contributed by atoms with van der Waals surface area (Å²) in [4.78, 5) is 23.3. The molecule has 0 saturated heterocycles. The number of hydrogen-bond donors (Lipinski definition) is 7. The van der Waals surface area contributed by atoms with Crippen LogP contribution in [0.15, 0.2) is 123 Å². The van der Waals surface area contributed by atoms with Gasteiger partial charge in [0.25, 0.3) is 36.3 Å². The number of methoxy groups -OCH3 is 1. The molecule has 1 heterocycles. The zero-order valence-corrected chi connectivity index (χ0v) is 36.7. The van der Waals surface area contributed by atoms with Crippen molar-refractivity contribution in [1.82, 2.24) is 0 Å². The lowest BCUT2D eigenvalue weighted by Gasteiger charge is -2.13. The Morgan fingerprint density at radius 1 is 0.716 bits per heavy atom. The minimum absolute atomic E-state index is 0.00522. The summed E-state index contributed by atoms with van der Waals surface area (Å²) in [5, 5.41) is 68.3. The second-order valence-electron chi connectivity index (χ2n) is 13.6. The van der Waals surface area contributed by atoms with Crippen molar-refractivity contribution in [2.75, 3.05) is 38.5 Å². The number of anilines is 1. The largest absolute Gasteiger partial charge is 0.505 e. The fraction of sp³-hybridized carbons (Fsp3) is 0.184. The highest BCUT2D eigenvalue weighted by atomic mass is 32.2. The van der Waals surface area contributed by atoms with Crippen LogP contribution >= 0.6 is 0 Å². The number of phenols is 1. The summed E-state index contributed by atoms with van der Waals surface area (Å²) in [6.45, 7) is -0.241. The number of aryl methyl sites for hydroxylation is 1. The first-order valence-electron chi connectivity index (χ1n) is 18.6. The SMILES string of the molecule is COc1cc(S(=O)(=O)O)c(C)cc1/N=N/c1cc(OCCO)c(/N=N/c2c(S(=O)(=O)O)cc3cc(/N=N/C4C(=O)N(c5ccc(S(=O)(=O)O)cc5)N=C4C(=O)O)ccc3c2O)cc1OCCO. The Balaban J connectivity index is 1.36. The number of aliphatic carboxylic acids is 1. The first-order chi connectivity index (χ1) is 31.5. The van der Waals surface area contributed by atoms with Crippen LogP contribution in [0.25, 0.3) is 10.8 Å². The number of carbonyl (C=O) groups excluding carboxylic acids is 1. The minimum atomic E-state index is -5.21. The quantitative estimate of drug-likeness (QED) is 0.0442. The van der Waals surface area contributed by atoms with Gasteiger partial charge in [0.05, 0.1) is 36.6 Å². The van der Waals surface area contributed by atoms with Crippen molar-refractivity contribution < 1.29 is 83.1 Å². The first kappa shape index (κ1) is 49.1. The fourth-order valence-electron chi connectivity index (χ4n) is 6.09. The van der Waals surface area contributed by atoms with Crippen molar-refractivity contribution >= 4 is 92.8 Å². The molecular formula is C38H34N8O18S3. The highest BCUT2D eigenvalue weighted by Crippen LogP contribution is 2.46. The van der Waals surface area contributed by atoms with Crippen LogP contribution in [0.4, 0.5) is 34.1 Å². The average molecular weight is 987 g/mol. The van der Waals surface area contributed by atoms with Gasteiger partial charge in [-0.1, -0.05) is 0 Å². The lowest BCUT2D eigenvalue weighted by Crippen LogP contribution is -2.33. The van der Waals surface area contributed by atoms with E-state index in [4.69, 9.17) is 14.2 Å². The van der Waals surface area contributed by atoms with Gasteiger partial charge in [-0.3, -0.25) is 18.5 Å². The zero-order chi connectivity index (χ0) is 49.0. The van der Waals surface area contributed by atoms with Gasteiger partial charge in [0, 0.05) is 23.6 Å². The van der Waals surface area contributed by atoms with Crippen LogP contribution in [-0.4, -0.2) is 117 Å². The minimum Gasteiger partial charge on any atom is -0.505 e. The monoisotopic (exact) mass is 986 g/mol. The third-order valence-corrected chi connectivity index (χ3v) is 11.9. The van der Waals surface area contributed by atoms with Gasteiger partial charge in [-0.25, -0.2) is 4.79 Å². The highest BCUT2D eigenvalue weighted by molar-refractivity contribution is 7.86. The molecule has 5 aromatic rings. The predicted molar refractivity (Wildman–Crippen MR) is 230 cm³/mol. The van der Waals surface area contributed by atoms with Gasteiger partial charge in [-0.15, -0.1) is 20.5 Å². The third-order valence-electron chi connectivity index (χ3n) is 9.12. The second-order valence-corrected chi connectivity index (χ2v) is 17.8. The van der Waals surface area contributed by atoms with Gasteiger partial charge in [-0.05, 0) is 72.5 Å². The van der Waals surface area contributed by atoms with Crippen LogP contribution in [0.5, 0.6) is 23.0 Å². The lowest BCUT2D eigenvalue weighted by atomic mass is 10.1. The maximum absolute atomic E-state index is 13.3. The summed E-state index contributed by atoms with van der Waals surface area (Å²) in [5.74, 6) is -3.90. The average Bonchev–Trinajstić information content (AvgIpc) is 3.60. The normalized spacial score (nSPS) is 14.7. The molecule has 1 aliphatic rings. The summed E-state index contributed by atoms with van der Waals surface area (Å²) >= 11 is 0. The number of nitrogens with zero attached hydrogens (tertiary/aromatic N) is 8. The third kappa shape index (κ3) is 11.0. The molecule has 0 fully saturated rings. The van der Waals surface area contributed by atoms with E-state index in [2.05, 4.69) is 35.8 Å². The van der Waals surface area contributed by atoms with Crippen molar-refractivity contribution in [2.45, 2.75) is 27.7 Å². The summed E-state index contributed by atoms with van der Waals surface area (Å²) in [6.07, 6.45) is 0. The van der Waals surface area contributed by atoms with Gasteiger partial charge in [0.1, 0.15) is 63.0 Å². The molecule has 67 heavy (non-hydrogen) atoms. The van der Waals surface area contributed by atoms with Crippen molar-refractivity contribution in [2.24, 2.45) is 35.8 Å². The molecule has 0 aromatic heterocycles. The molecule has 6 rings (SSSR count). The Morgan fingerprint density at radius 2 is 1.28 bits per heavy atom. The molecule has 352 valence electrons. The maximum Gasteiger partial charge on any atom is 0.355 e. The summed E-state index contributed by atoms with van der Waals surface area (Å²) in [6, 6.07) is 11.4. The molecule has 0 saturated carbocycles. The van der Waals surface area contributed by atoms with Crippen LogP contribution in [-0.2, 0) is 39.9 Å². The van der Waals surface area contributed by atoms with Gasteiger partial charge in [0.15, 0.2) is 11.5 Å². The molecular weight excluding hydrogens is 953 g/mol. The molecule has 1 atom stereocenters. The topological polar surface area (TPSA) is 396 Å². The number of benzene rings is 5. The number of rotatable bonds is 18. The predicted octanol–water partition coefficient (Wildman–Crippen LogP) is 5.12. The molecule has 0 radical (unpaired) electrons. The van der Waals surface area contributed by atoms with Crippen LogP contribution in [0, 0.1) is 6.92 Å². The molecule has 1 amide bonds. The Hall–Kier alpha value is -7.38. The van der Waals surface area contributed by atoms with Crippen molar-refractivity contribution in [3.8, 4) is 23.0 Å². The number of hydrogen-bond acceptors (Lipinski definition) is 21. The number of aliphatic hydroxyl groups excluding tert-OH is 2. The van der Waals surface area contributed by atoms with E-state index >= 15 is 0 Å². The lowest BCUT2D eigenvalue weighted by molar-refractivity contribution is -0.130. The standard InChI is InChI=1S/C38H34N8O18S3/c1-19-13-25(28(62-2)18-31(19)66(56,57)58)40-41-26-16-30(64-12-10-48)27(17-29(26)63-11-9-47)42-43-33-32(67(59,60)61)15-20-14-21(3-8-24(20)36(33)49)39-44-34-35(38(51)52)45-46(37(34)50)22-4-6-23(7-5-22)65(53,54)55/h3-8,13-18,34,47-49H,9-12H2,1-2H3,(H,51,52)(H,53,54,55)(H,56,57,58)(H,59,60,61)/b41-40+,43-42+,44-39+. The van der Waals surface area contributed by atoms with Crippen LogP contribution in [0.1, 0.15) is 5.56 Å². The molecule has 0 spiro atoms. The number of carbonyl (C=O) groups is 2. The van der Waals surface area contributed by atoms with E-state index in [1.807, 2.05) is 0 Å². The smallest absolute Gasteiger partial charge is 0.355 e. The van der Waals surface area contributed by atoms with Gasteiger partial charge in [-0.2, -0.15) is 45.6 Å². The van der Waals surface area contributed by atoms with Crippen molar-refractivity contribution in [3.63, 3.8) is 0 Å². The number of carboxylic acids is 1. The van der Waals surface area contributed by atoms with E-state index in [1.165, 1.54) is 44.4 Å². The molecule has 0 aliphatic carbocycles. The molecule has 1 unspecified atom stereocenters. The number of azo groups is 3. The maximum atomic E-state index is 13.3. The number of aliphatic hydroxyl groups is 2. The second kappa shape index (κ2) is 19.6. The fourth-order valence-corrected chi connectivity index (χ4v) is 7.95. The number of amides is 1. The van der Waals surface area contributed by atoms with Gasteiger partial charge < -0.3 is 34.6 Å². The molecule has 26 nitrogen and oxygen atoms in total. The Labute approximate surface area is 378 Å². The number of phenolic OH excluding ortho intramolecular Hbond substituents is 1. The molecule has 29 heteroatoms.